The lowest BCUT2D eigenvalue weighted by Gasteiger charge is -2.25. The van der Waals surface area contributed by atoms with E-state index in [2.05, 4.69) is 15.4 Å². The standard InChI is InChI=1S/C11H20N4O2S/c1-4-13-11(2,9(16)17)6-5-7-18-10-12-8-14-15(10)3/h8,13H,4-7H2,1-3H3,(H,16,17). The molecular weight excluding hydrogens is 252 g/mol. The Kier molecular flexibility index (Phi) is 5.61. The molecular formula is C11H20N4O2S. The van der Waals surface area contributed by atoms with Crippen LogP contribution in [0.15, 0.2) is 11.5 Å². The van der Waals surface area contributed by atoms with Crippen LogP contribution in [0, 0.1) is 0 Å². The zero-order chi connectivity index (χ0) is 13.6. The number of likely N-dealkylation sites (N-methyl/N-ethyl adjacent to an activating group) is 1. The third kappa shape index (κ3) is 3.99. The molecule has 0 aromatic carbocycles. The van der Waals surface area contributed by atoms with Crippen LogP contribution in [0.2, 0.25) is 0 Å². The minimum Gasteiger partial charge on any atom is -0.480 e. The van der Waals surface area contributed by atoms with Crippen molar-refractivity contribution in [2.75, 3.05) is 12.3 Å². The van der Waals surface area contributed by atoms with E-state index in [1.54, 1.807) is 23.4 Å². The molecule has 0 aliphatic heterocycles. The molecule has 0 saturated carbocycles. The molecule has 1 unspecified atom stereocenters. The zero-order valence-electron chi connectivity index (χ0n) is 11.0. The van der Waals surface area contributed by atoms with Crippen molar-refractivity contribution in [1.29, 1.82) is 0 Å². The van der Waals surface area contributed by atoms with Gasteiger partial charge in [0.1, 0.15) is 11.9 Å². The van der Waals surface area contributed by atoms with Gasteiger partial charge in [0.2, 0.25) is 0 Å². The summed E-state index contributed by atoms with van der Waals surface area (Å²) < 4.78 is 1.71. The average Bonchev–Trinajstić information content (AvgIpc) is 2.71. The molecule has 1 rings (SSSR count). The molecule has 6 nitrogen and oxygen atoms in total. The molecule has 0 bridgehead atoms. The molecule has 1 aromatic rings. The zero-order valence-corrected chi connectivity index (χ0v) is 11.8. The lowest BCUT2D eigenvalue weighted by molar-refractivity contribution is -0.144. The Morgan fingerprint density at radius 3 is 2.89 bits per heavy atom. The molecule has 18 heavy (non-hydrogen) atoms. The van der Waals surface area contributed by atoms with Gasteiger partial charge < -0.3 is 10.4 Å². The maximum atomic E-state index is 11.2. The molecule has 0 radical (unpaired) electrons. The monoisotopic (exact) mass is 272 g/mol. The van der Waals surface area contributed by atoms with Gasteiger partial charge in [-0.3, -0.25) is 4.79 Å². The summed E-state index contributed by atoms with van der Waals surface area (Å²) in [5, 5.41) is 17.1. The van der Waals surface area contributed by atoms with Crippen LogP contribution in [-0.2, 0) is 11.8 Å². The first-order valence-electron chi connectivity index (χ1n) is 5.95. The van der Waals surface area contributed by atoms with Crippen LogP contribution in [0.1, 0.15) is 26.7 Å². The van der Waals surface area contributed by atoms with E-state index in [9.17, 15) is 9.90 Å². The highest BCUT2D eigenvalue weighted by Crippen LogP contribution is 2.19. The molecule has 102 valence electrons. The van der Waals surface area contributed by atoms with Crippen molar-refractivity contribution in [2.45, 2.75) is 37.4 Å². The summed E-state index contributed by atoms with van der Waals surface area (Å²) in [6.45, 7) is 4.29. The van der Waals surface area contributed by atoms with Crippen LogP contribution in [0.25, 0.3) is 0 Å². The Bertz CT molecular complexity index is 396. The predicted molar refractivity (Wildman–Crippen MR) is 70.7 cm³/mol. The van der Waals surface area contributed by atoms with Crippen molar-refractivity contribution < 1.29 is 9.90 Å². The summed E-state index contributed by atoms with van der Waals surface area (Å²) in [4.78, 5) is 15.3. The molecule has 1 aromatic heterocycles. The highest BCUT2D eigenvalue weighted by molar-refractivity contribution is 7.99. The van der Waals surface area contributed by atoms with Gasteiger partial charge in [-0.2, -0.15) is 5.10 Å². The smallest absolute Gasteiger partial charge is 0.323 e. The number of thioether (sulfide) groups is 1. The average molecular weight is 272 g/mol. The molecule has 7 heteroatoms. The Morgan fingerprint density at radius 2 is 2.39 bits per heavy atom. The van der Waals surface area contributed by atoms with Crippen LogP contribution >= 0.6 is 11.8 Å². The van der Waals surface area contributed by atoms with Gasteiger partial charge in [-0.05, 0) is 26.3 Å². The number of rotatable bonds is 8. The molecule has 0 saturated heterocycles. The van der Waals surface area contributed by atoms with Gasteiger partial charge in [-0.1, -0.05) is 18.7 Å². The fraction of sp³-hybridized carbons (Fsp3) is 0.727. The van der Waals surface area contributed by atoms with E-state index in [4.69, 9.17) is 0 Å². The number of aryl methyl sites for hydroxylation is 1. The van der Waals surface area contributed by atoms with Crippen molar-refractivity contribution in [3.05, 3.63) is 6.33 Å². The van der Waals surface area contributed by atoms with E-state index >= 15 is 0 Å². The van der Waals surface area contributed by atoms with E-state index in [0.717, 1.165) is 17.3 Å². The fourth-order valence-electron chi connectivity index (χ4n) is 1.67. The first kappa shape index (κ1) is 15.0. The third-order valence-corrected chi connectivity index (χ3v) is 3.88. The Balaban J connectivity index is 2.36. The van der Waals surface area contributed by atoms with Gasteiger partial charge >= 0.3 is 5.97 Å². The molecule has 0 spiro atoms. The van der Waals surface area contributed by atoms with E-state index in [1.165, 1.54) is 6.33 Å². The normalized spacial score (nSPS) is 14.4. The van der Waals surface area contributed by atoms with Crippen molar-refractivity contribution >= 4 is 17.7 Å². The number of nitrogens with zero attached hydrogens (tertiary/aromatic N) is 3. The summed E-state index contributed by atoms with van der Waals surface area (Å²) >= 11 is 1.59. The second-order valence-corrected chi connectivity index (χ2v) is 5.35. The van der Waals surface area contributed by atoms with E-state index in [0.29, 0.717) is 13.0 Å². The summed E-state index contributed by atoms with van der Waals surface area (Å²) in [5.41, 5.74) is -0.838. The number of carbonyl (C=O) groups is 1. The number of hydrogen-bond donors (Lipinski definition) is 2. The number of hydrogen-bond acceptors (Lipinski definition) is 5. The Hall–Kier alpha value is -1.08. The molecule has 1 heterocycles. The SMILES string of the molecule is CCNC(C)(CCCSc1ncnn1C)C(=O)O. The summed E-state index contributed by atoms with van der Waals surface area (Å²) in [6.07, 6.45) is 2.93. The van der Waals surface area contributed by atoms with Gasteiger partial charge in [-0.25, -0.2) is 9.67 Å². The predicted octanol–water partition coefficient (Wildman–Crippen LogP) is 1.14. The Morgan fingerprint density at radius 1 is 1.67 bits per heavy atom. The van der Waals surface area contributed by atoms with E-state index < -0.39 is 11.5 Å². The van der Waals surface area contributed by atoms with Crippen molar-refractivity contribution in [3.8, 4) is 0 Å². The number of nitrogens with one attached hydrogen (secondary N) is 1. The summed E-state index contributed by atoms with van der Waals surface area (Å²) in [7, 11) is 1.84. The second-order valence-electron chi connectivity index (χ2n) is 4.29. The maximum absolute atomic E-state index is 11.2. The molecule has 1 atom stereocenters. The fourth-order valence-corrected chi connectivity index (χ4v) is 2.49. The lowest BCUT2D eigenvalue weighted by atomic mass is 9.96. The lowest BCUT2D eigenvalue weighted by Crippen LogP contribution is -2.49. The van der Waals surface area contributed by atoms with Gasteiger partial charge in [0, 0.05) is 12.8 Å². The minimum absolute atomic E-state index is 0.598. The van der Waals surface area contributed by atoms with E-state index in [1.807, 2.05) is 14.0 Å². The van der Waals surface area contributed by atoms with Crippen molar-refractivity contribution in [3.63, 3.8) is 0 Å². The van der Waals surface area contributed by atoms with Gasteiger partial charge in [0.15, 0.2) is 5.16 Å². The number of aromatic nitrogens is 3. The number of carboxylic acids is 1. The topological polar surface area (TPSA) is 80.0 Å². The van der Waals surface area contributed by atoms with Gasteiger partial charge in [0.25, 0.3) is 0 Å². The van der Waals surface area contributed by atoms with Gasteiger partial charge in [-0.15, -0.1) is 0 Å². The van der Waals surface area contributed by atoms with E-state index in [-0.39, 0.29) is 0 Å². The number of aliphatic carboxylic acids is 1. The molecule has 0 fully saturated rings. The van der Waals surface area contributed by atoms with Crippen LogP contribution < -0.4 is 5.32 Å². The first-order valence-corrected chi connectivity index (χ1v) is 6.93. The number of carboxylic acid groups (broad SMARTS) is 1. The highest BCUT2D eigenvalue weighted by Gasteiger charge is 2.31. The Labute approximate surface area is 111 Å². The molecule has 0 aliphatic rings. The van der Waals surface area contributed by atoms with Gasteiger partial charge in [0.05, 0.1) is 0 Å². The summed E-state index contributed by atoms with van der Waals surface area (Å²) in [5.74, 6) is 0.0360. The van der Waals surface area contributed by atoms with Crippen LogP contribution in [0.3, 0.4) is 0 Å². The van der Waals surface area contributed by atoms with Crippen LogP contribution in [-0.4, -0.2) is 43.7 Å². The van der Waals surface area contributed by atoms with Crippen molar-refractivity contribution in [2.24, 2.45) is 7.05 Å². The minimum atomic E-state index is -0.838. The van der Waals surface area contributed by atoms with Crippen LogP contribution in [0.4, 0.5) is 0 Å². The quantitative estimate of drug-likeness (QED) is 0.545. The third-order valence-electron chi connectivity index (χ3n) is 2.76. The first-order chi connectivity index (χ1) is 8.49. The molecule has 2 N–H and O–H groups in total. The largest absolute Gasteiger partial charge is 0.480 e. The summed E-state index contributed by atoms with van der Waals surface area (Å²) in [6, 6.07) is 0. The van der Waals surface area contributed by atoms with Crippen molar-refractivity contribution in [1.82, 2.24) is 20.1 Å². The molecule has 0 amide bonds. The van der Waals surface area contributed by atoms with Crippen LogP contribution in [0.5, 0.6) is 0 Å². The molecule has 0 aliphatic carbocycles. The highest BCUT2D eigenvalue weighted by atomic mass is 32.2. The second kappa shape index (κ2) is 6.75. The maximum Gasteiger partial charge on any atom is 0.323 e.